The lowest BCUT2D eigenvalue weighted by atomic mass is 10.1. The molecule has 0 aliphatic carbocycles. The molecule has 23 heavy (non-hydrogen) atoms. The van der Waals surface area contributed by atoms with Crippen LogP contribution in [0.3, 0.4) is 0 Å². The summed E-state index contributed by atoms with van der Waals surface area (Å²) in [5.74, 6) is 0.483. The van der Waals surface area contributed by atoms with E-state index in [0.29, 0.717) is 17.9 Å². The second-order valence-electron chi connectivity index (χ2n) is 5.50. The van der Waals surface area contributed by atoms with Crippen molar-refractivity contribution < 1.29 is 4.74 Å². The molecule has 3 rings (SSSR count). The van der Waals surface area contributed by atoms with Crippen LogP contribution in [0.5, 0.6) is 5.75 Å². The second-order valence-corrected chi connectivity index (χ2v) is 5.50. The van der Waals surface area contributed by atoms with E-state index in [1.165, 1.54) is 5.56 Å². The van der Waals surface area contributed by atoms with E-state index >= 15 is 0 Å². The van der Waals surface area contributed by atoms with Crippen LogP contribution in [-0.4, -0.2) is 11.9 Å². The van der Waals surface area contributed by atoms with E-state index in [2.05, 4.69) is 23.3 Å². The lowest BCUT2D eigenvalue weighted by Crippen LogP contribution is -2.32. The van der Waals surface area contributed by atoms with Gasteiger partial charge in [0.15, 0.2) is 12.0 Å². The molecule has 0 saturated heterocycles. The van der Waals surface area contributed by atoms with Crippen molar-refractivity contribution in [3.8, 4) is 5.75 Å². The van der Waals surface area contributed by atoms with E-state index in [1.54, 1.807) is 18.2 Å². The van der Waals surface area contributed by atoms with Crippen LogP contribution >= 0.6 is 0 Å². The van der Waals surface area contributed by atoms with Crippen LogP contribution in [-0.2, 0) is 6.42 Å². The SMILES string of the molecule is CCc1ccccc1N1N=C(C)CC1Oc1ccccc1N=O. The molecule has 0 aromatic heterocycles. The number of rotatable bonds is 5. The number of aryl methyl sites for hydroxylation is 1. The number of ether oxygens (including phenoxy) is 1. The topological polar surface area (TPSA) is 54.3 Å². The van der Waals surface area contributed by atoms with Gasteiger partial charge in [0.05, 0.1) is 5.69 Å². The molecule has 0 bridgehead atoms. The molecule has 1 unspecified atom stereocenters. The third-order valence-electron chi connectivity index (χ3n) is 3.87. The number of anilines is 1. The monoisotopic (exact) mass is 309 g/mol. The molecule has 0 spiro atoms. The zero-order valence-corrected chi connectivity index (χ0v) is 13.3. The van der Waals surface area contributed by atoms with E-state index in [4.69, 9.17) is 4.74 Å². The summed E-state index contributed by atoms with van der Waals surface area (Å²) in [6.07, 6.45) is 1.33. The van der Waals surface area contributed by atoms with Crippen LogP contribution in [0.1, 0.15) is 25.8 Å². The number of hydrazone groups is 1. The molecule has 1 heterocycles. The molecule has 118 valence electrons. The molecule has 2 aromatic rings. The summed E-state index contributed by atoms with van der Waals surface area (Å²) in [4.78, 5) is 10.9. The summed E-state index contributed by atoms with van der Waals surface area (Å²) in [6, 6.07) is 15.2. The van der Waals surface area contributed by atoms with Gasteiger partial charge in [-0.2, -0.15) is 5.10 Å². The van der Waals surface area contributed by atoms with Gasteiger partial charge in [0.25, 0.3) is 0 Å². The number of nitroso groups, excluding NO2 is 1. The normalized spacial score (nSPS) is 17.0. The van der Waals surface area contributed by atoms with E-state index in [9.17, 15) is 4.91 Å². The average Bonchev–Trinajstić information content (AvgIpc) is 2.95. The zero-order valence-electron chi connectivity index (χ0n) is 13.3. The fraction of sp³-hybridized carbons (Fsp3) is 0.278. The maximum atomic E-state index is 10.9. The molecular weight excluding hydrogens is 290 g/mol. The predicted molar refractivity (Wildman–Crippen MR) is 92.3 cm³/mol. The van der Waals surface area contributed by atoms with Crippen molar-refractivity contribution >= 4 is 17.1 Å². The first-order chi connectivity index (χ1) is 11.2. The Balaban J connectivity index is 1.91. The fourth-order valence-corrected chi connectivity index (χ4v) is 2.74. The first kappa shape index (κ1) is 15.2. The summed E-state index contributed by atoms with van der Waals surface area (Å²) >= 11 is 0. The van der Waals surface area contributed by atoms with Gasteiger partial charge >= 0.3 is 0 Å². The minimum atomic E-state index is -0.273. The lowest BCUT2D eigenvalue weighted by Gasteiger charge is -2.26. The van der Waals surface area contributed by atoms with Gasteiger partial charge in [-0.1, -0.05) is 37.3 Å². The molecule has 0 N–H and O–H groups in total. The van der Waals surface area contributed by atoms with Gasteiger partial charge in [-0.3, -0.25) is 0 Å². The van der Waals surface area contributed by atoms with Crippen molar-refractivity contribution in [2.75, 3.05) is 5.01 Å². The highest BCUT2D eigenvalue weighted by Gasteiger charge is 2.29. The minimum Gasteiger partial charge on any atom is -0.466 e. The Hall–Kier alpha value is -2.69. The summed E-state index contributed by atoms with van der Waals surface area (Å²) in [5, 5.41) is 9.55. The third-order valence-corrected chi connectivity index (χ3v) is 3.87. The molecule has 0 fully saturated rings. The number of hydrogen-bond donors (Lipinski definition) is 0. The zero-order chi connectivity index (χ0) is 16.2. The molecule has 0 amide bonds. The van der Waals surface area contributed by atoms with Crippen molar-refractivity contribution in [2.24, 2.45) is 10.3 Å². The number of benzene rings is 2. The predicted octanol–water partition coefficient (Wildman–Crippen LogP) is 4.64. The van der Waals surface area contributed by atoms with E-state index in [-0.39, 0.29) is 6.23 Å². The largest absolute Gasteiger partial charge is 0.466 e. The summed E-state index contributed by atoms with van der Waals surface area (Å²) in [5.41, 5.74) is 3.55. The standard InChI is InChI=1S/C18H19N3O2/c1-3-14-8-4-6-10-16(14)21-18(12-13(2)19-21)23-17-11-7-5-9-15(17)20-22/h4-11,18H,3,12H2,1-2H3. The first-order valence-corrected chi connectivity index (χ1v) is 7.73. The van der Waals surface area contributed by atoms with Crippen LogP contribution in [0.15, 0.2) is 58.8 Å². The van der Waals surface area contributed by atoms with Gasteiger partial charge in [0, 0.05) is 12.1 Å². The average molecular weight is 309 g/mol. The molecule has 5 heteroatoms. The van der Waals surface area contributed by atoms with Gasteiger partial charge in [-0.05, 0) is 42.3 Å². The Morgan fingerprint density at radius 1 is 1.22 bits per heavy atom. The number of hydrogen-bond acceptors (Lipinski definition) is 5. The van der Waals surface area contributed by atoms with Crippen LogP contribution < -0.4 is 9.75 Å². The summed E-state index contributed by atoms with van der Waals surface area (Å²) in [7, 11) is 0. The second kappa shape index (κ2) is 6.60. The maximum Gasteiger partial charge on any atom is 0.197 e. The van der Waals surface area contributed by atoms with Gasteiger partial charge in [-0.25, -0.2) is 5.01 Å². The molecule has 1 atom stereocenters. The Kier molecular flexibility index (Phi) is 4.37. The maximum absolute atomic E-state index is 10.9. The molecular formula is C18H19N3O2. The van der Waals surface area contributed by atoms with E-state index in [1.807, 2.05) is 36.2 Å². The van der Waals surface area contributed by atoms with Crippen molar-refractivity contribution in [3.05, 3.63) is 59.0 Å². The minimum absolute atomic E-state index is 0.273. The lowest BCUT2D eigenvalue weighted by molar-refractivity contribution is 0.214. The van der Waals surface area contributed by atoms with Crippen molar-refractivity contribution in [1.82, 2.24) is 0 Å². The Bertz CT molecular complexity index is 743. The van der Waals surface area contributed by atoms with Crippen molar-refractivity contribution in [1.29, 1.82) is 0 Å². The molecule has 5 nitrogen and oxygen atoms in total. The quantitative estimate of drug-likeness (QED) is 0.756. The van der Waals surface area contributed by atoms with Crippen molar-refractivity contribution in [3.63, 3.8) is 0 Å². The highest BCUT2D eigenvalue weighted by molar-refractivity contribution is 5.86. The summed E-state index contributed by atoms with van der Waals surface area (Å²) < 4.78 is 6.05. The first-order valence-electron chi connectivity index (χ1n) is 7.73. The van der Waals surface area contributed by atoms with Crippen LogP contribution in [0.25, 0.3) is 0 Å². The molecule has 1 aliphatic heterocycles. The van der Waals surface area contributed by atoms with Crippen molar-refractivity contribution in [2.45, 2.75) is 32.9 Å². The molecule has 0 saturated carbocycles. The molecule has 1 aliphatic rings. The van der Waals surface area contributed by atoms with E-state index in [0.717, 1.165) is 17.8 Å². The van der Waals surface area contributed by atoms with Crippen LogP contribution in [0, 0.1) is 4.91 Å². The Morgan fingerprint density at radius 3 is 2.74 bits per heavy atom. The van der Waals surface area contributed by atoms with Crippen LogP contribution in [0.2, 0.25) is 0 Å². The van der Waals surface area contributed by atoms with Gasteiger partial charge in [0.2, 0.25) is 0 Å². The van der Waals surface area contributed by atoms with Gasteiger partial charge < -0.3 is 4.74 Å². The molecule has 2 aromatic carbocycles. The highest BCUT2D eigenvalue weighted by atomic mass is 16.5. The van der Waals surface area contributed by atoms with Gasteiger partial charge in [-0.15, -0.1) is 4.91 Å². The smallest absolute Gasteiger partial charge is 0.197 e. The Morgan fingerprint density at radius 2 is 1.96 bits per heavy atom. The molecule has 0 radical (unpaired) electrons. The highest BCUT2D eigenvalue weighted by Crippen LogP contribution is 2.33. The number of nitrogens with zero attached hydrogens (tertiary/aromatic N) is 3. The fourth-order valence-electron chi connectivity index (χ4n) is 2.74. The number of para-hydroxylation sites is 2. The van der Waals surface area contributed by atoms with E-state index < -0.39 is 0 Å². The van der Waals surface area contributed by atoms with Gasteiger partial charge in [0.1, 0.15) is 5.69 Å². The summed E-state index contributed by atoms with van der Waals surface area (Å²) in [6.45, 7) is 4.10. The third kappa shape index (κ3) is 3.08. The van der Waals surface area contributed by atoms with Crippen LogP contribution in [0.4, 0.5) is 11.4 Å². The Labute approximate surface area is 135 Å².